The van der Waals surface area contributed by atoms with Gasteiger partial charge < -0.3 is 24.7 Å². The number of carbonyl (C=O) groups excluding carboxylic acids is 2. The number of ether oxygens (including phenoxy) is 1. The van der Waals surface area contributed by atoms with Gasteiger partial charge in [-0.3, -0.25) is 4.90 Å². The van der Waals surface area contributed by atoms with Crippen LogP contribution in [0.2, 0.25) is 0 Å². The van der Waals surface area contributed by atoms with Gasteiger partial charge in [0.2, 0.25) is 0 Å². The van der Waals surface area contributed by atoms with Crippen LogP contribution in [0.25, 0.3) is 33.1 Å². The van der Waals surface area contributed by atoms with Crippen LogP contribution in [-0.2, 0) is 11.3 Å². The van der Waals surface area contributed by atoms with Crippen LogP contribution in [0.3, 0.4) is 0 Å². The van der Waals surface area contributed by atoms with Crippen molar-refractivity contribution in [2.45, 2.75) is 32.9 Å². The smallest absolute Gasteiger partial charge is 0.410 e. The largest absolute Gasteiger partial charge is 0.456 e. The van der Waals surface area contributed by atoms with Crippen molar-refractivity contribution in [1.82, 2.24) is 9.80 Å². The molecule has 3 amide bonds. The van der Waals surface area contributed by atoms with Gasteiger partial charge >= 0.3 is 12.1 Å². The fourth-order valence-electron chi connectivity index (χ4n) is 5.40. The van der Waals surface area contributed by atoms with Gasteiger partial charge in [-0.2, -0.15) is 0 Å². The first kappa shape index (κ1) is 28.3. The third kappa shape index (κ3) is 6.65. The zero-order valence-electron chi connectivity index (χ0n) is 24.7. The number of nitrogens with zero attached hydrogens (tertiary/aromatic N) is 2. The summed E-state index contributed by atoms with van der Waals surface area (Å²) in [7, 11) is 0. The number of amides is 3. The topological polar surface area (TPSA) is 87.0 Å². The van der Waals surface area contributed by atoms with E-state index in [2.05, 4.69) is 33.7 Å². The molecule has 0 atom stereocenters. The van der Waals surface area contributed by atoms with Crippen LogP contribution in [0, 0.1) is 0 Å². The van der Waals surface area contributed by atoms with Crippen LogP contribution in [0.4, 0.5) is 21.0 Å². The normalized spacial score (nSPS) is 14.2. The van der Waals surface area contributed by atoms with E-state index in [9.17, 15) is 9.59 Å². The highest BCUT2D eigenvalue weighted by Gasteiger charge is 2.26. The van der Waals surface area contributed by atoms with Crippen molar-refractivity contribution in [2.75, 3.05) is 36.8 Å². The van der Waals surface area contributed by atoms with Crippen LogP contribution < -0.4 is 10.6 Å². The van der Waals surface area contributed by atoms with Crippen molar-refractivity contribution >= 4 is 45.2 Å². The minimum absolute atomic E-state index is 0.252. The number of benzene rings is 4. The maximum atomic E-state index is 13.0. The minimum Gasteiger partial charge on any atom is -0.456 e. The monoisotopic (exact) mass is 576 g/mol. The van der Waals surface area contributed by atoms with Crippen LogP contribution in [0.5, 0.6) is 0 Å². The van der Waals surface area contributed by atoms with Crippen molar-refractivity contribution in [1.29, 1.82) is 0 Å². The Hall–Kier alpha value is -4.82. The molecule has 0 spiro atoms. The molecule has 2 N–H and O–H groups in total. The lowest BCUT2D eigenvalue weighted by Crippen LogP contribution is -2.49. The number of para-hydroxylation sites is 1. The number of furan rings is 1. The van der Waals surface area contributed by atoms with Crippen molar-refractivity contribution in [3.05, 3.63) is 96.6 Å². The van der Waals surface area contributed by atoms with E-state index >= 15 is 0 Å². The van der Waals surface area contributed by atoms with Gasteiger partial charge in [0.1, 0.15) is 16.9 Å². The molecular weight excluding hydrogens is 540 g/mol. The molecule has 1 aromatic heterocycles. The maximum Gasteiger partial charge on any atom is 0.410 e. The molecule has 220 valence electrons. The van der Waals surface area contributed by atoms with Gasteiger partial charge in [0, 0.05) is 49.1 Å². The zero-order valence-corrected chi connectivity index (χ0v) is 24.7. The molecule has 1 aliphatic rings. The lowest BCUT2D eigenvalue weighted by Gasteiger charge is -2.35. The molecule has 2 heterocycles. The van der Waals surface area contributed by atoms with Crippen LogP contribution in [-0.4, -0.2) is 53.7 Å². The molecule has 0 aliphatic carbocycles. The van der Waals surface area contributed by atoms with Gasteiger partial charge in [-0.15, -0.1) is 0 Å². The Morgan fingerprint density at radius 2 is 1.49 bits per heavy atom. The van der Waals surface area contributed by atoms with Crippen molar-refractivity contribution < 1.29 is 18.7 Å². The molecule has 4 aromatic carbocycles. The number of hydrogen-bond acceptors (Lipinski definition) is 5. The van der Waals surface area contributed by atoms with E-state index in [4.69, 9.17) is 9.15 Å². The number of urea groups is 1. The number of fused-ring (bicyclic) bond motifs is 2. The van der Waals surface area contributed by atoms with Crippen molar-refractivity contribution in [3.63, 3.8) is 0 Å². The number of hydrogen-bond donors (Lipinski definition) is 2. The third-order valence-corrected chi connectivity index (χ3v) is 7.49. The van der Waals surface area contributed by atoms with Crippen molar-refractivity contribution in [3.8, 4) is 11.3 Å². The fourth-order valence-corrected chi connectivity index (χ4v) is 5.40. The molecule has 1 fully saturated rings. The lowest BCUT2D eigenvalue weighted by molar-refractivity contribution is 0.0139. The summed E-state index contributed by atoms with van der Waals surface area (Å²) in [5, 5.41) is 9.02. The Bertz CT molecular complexity index is 1770. The molecule has 1 saturated heterocycles. The standard InChI is InChI=1S/C35H36N4O4/c1-35(2,3)43-34(41)39-19-17-38(18-20-39)23-24-15-16-26-22-32(42-31(26)21-24)28-12-6-7-13-30(28)37-33(40)36-29-14-8-10-25-9-4-5-11-27(25)29/h4-16,21-22H,17-20,23H2,1-3H3,(H2,36,37,40). The van der Waals surface area contributed by atoms with Gasteiger partial charge in [0.25, 0.3) is 0 Å². The summed E-state index contributed by atoms with van der Waals surface area (Å²) in [6.45, 7) is 9.26. The summed E-state index contributed by atoms with van der Waals surface area (Å²) < 4.78 is 11.8. The number of nitrogens with one attached hydrogen (secondary N) is 2. The van der Waals surface area contributed by atoms with Gasteiger partial charge in [-0.1, -0.05) is 60.7 Å². The number of piperazine rings is 1. The molecule has 6 rings (SSSR count). The highest BCUT2D eigenvalue weighted by molar-refractivity contribution is 6.07. The van der Waals surface area contributed by atoms with E-state index in [1.165, 1.54) is 0 Å². The first-order valence-corrected chi connectivity index (χ1v) is 14.6. The van der Waals surface area contributed by atoms with Crippen molar-refractivity contribution in [2.24, 2.45) is 0 Å². The summed E-state index contributed by atoms with van der Waals surface area (Å²) in [6, 6.07) is 29.4. The minimum atomic E-state index is -0.494. The molecule has 0 bridgehead atoms. The Balaban J connectivity index is 1.13. The number of anilines is 2. The van der Waals surface area contributed by atoms with Gasteiger partial charge in [0.05, 0.1) is 11.4 Å². The van der Waals surface area contributed by atoms with E-state index < -0.39 is 5.60 Å². The first-order chi connectivity index (χ1) is 20.7. The van der Waals surface area contributed by atoms with E-state index in [0.717, 1.165) is 58.2 Å². The van der Waals surface area contributed by atoms with E-state index in [-0.39, 0.29) is 12.1 Å². The lowest BCUT2D eigenvalue weighted by atomic mass is 10.1. The quantitative estimate of drug-likeness (QED) is 0.222. The summed E-state index contributed by atoms with van der Waals surface area (Å²) >= 11 is 0. The average Bonchev–Trinajstić information content (AvgIpc) is 3.40. The predicted octanol–water partition coefficient (Wildman–Crippen LogP) is 7.95. The Morgan fingerprint density at radius 3 is 2.30 bits per heavy atom. The molecule has 43 heavy (non-hydrogen) atoms. The van der Waals surface area contributed by atoms with Crippen LogP contribution in [0.1, 0.15) is 26.3 Å². The van der Waals surface area contributed by atoms with Gasteiger partial charge in [-0.05, 0) is 62.1 Å². The van der Waals surface area contributed by atoms with Crippen LogP contribution in [0.15, 0.2) is 95.4 Å². The van der Waals surface area contributed by atoms with Gasteiger partial charge in [-0.25, -0.2) is 9.59 Å². The molecule has 5 aromatic rings. The molecule has 0 radical (unpaired) electrons. The summed E-state index contributed by atoms with van der Waals surface area (Å²) in [6.07, 6.45) is -0.252. The SMILES string of the molecule is CC(C)(C)OC(=O)N1CCN(Cc2ccc3cc(-c4ccccc4NC(=O)Nc4cccc5ccccc45)oc3c2)CC1. The average molecular weight is 577 g/mol. The van der Waals surface area contributed by atoms with E-state index in [1.807, 2.05) is 93.6 Å². The second kappa shape index (κ2) is 11.8. The zero-order chi connectivity index (χ0) is 30.0. The molecule has 1 aliphatic heterocycles. The van der Waals surface area contributed by atoms with E-state index in [0.29, 0.717) is 24.5 Å². The summed E-state index contributed by atoms with van der Waals surface area (Å²) in [5.41, 5.74) is 3.63. The second-order valence-electron chi connectivity index (χ2n) is 11.9. The molecular formula is C35H36N4O4. The second-order valence-corrected chi connectivity index (χ2v) is 11.9. The molecule has 0 saturated carbocycles. The van der Waals surface area contributed by atoms with E-state index in [1.54, 1.807) is 4.90 Å². The summed E-state index contributed by atoms with van der Waals surface area (Å²) in [5.74, 6) is 0.680. The Morgan fingerprint density at radius 1 is 0.791 bits per heavy atom. The van der Waals surface area contributed by atoms with Gasteiger partial charge in [0.15, 0.2) is 0 Å². The first-order valence-electron chi connectivity index (χ1n) is 14.6. The fraction of sp³-hybridized carbons (Fsp3) is 0.257. The van der Waals surface area contributed by atoms with Crippen LogP contribution >= 0.6 is 0 Å². The number of carbonyl (C=O) groups is 2. The molecule has 8 nitrogen and oxygen atoms in total. The number of rotatable bonds is 5. The Labute approximate surface area is 251 Å². The maximum absolute atomic E-state index is 13.0. The molecule has 8 heteroatoms. The third-order valence-electron chi connectivity index (χ3n) is 7.49. The predicted molar refractivity (Wildman–Crippen MR) is 171 cm³/mol. The Kier molecular flexibility index (Phi) is 7.78. The molecule has 0 unspecified atom stereocenters. The highest BCUT2D eigenvalue weighted by atomic mass is 16.6. The highest BCUT2D eigenvalue weighted by Crippen LogP contribution is 2.34. The summed E-state index contributed by atoms with van der Waals surface area (Å²) in [4.78, 5) is 29.6.